The second-order valence-electron chi connectivity index (χ2n) is 13.7. The second-order valence-corrected chi connectivity index (χ2v) is 14.8. The Labute approximate surface area is 311 Å². The molecule has 0 spiro atoms. The summed E-state index contributed by atoms with van der Waals surface area (Å²) in [6.45, 7) is 0. The van der Waals surface area contributed by atoms with Crippen molar-refractivity contribution in [1.29, 1.82) is 0 Å². The number of hydrogen-bond donors (Lipinski definition) is 0. The number of nitrogens with zero attached hydrogens (tertiary/aromatic N) is 2. The number of aromatic nitrogens is 1. The van der Waals surface area contributed by atoms with E-state index in [2.05, 4.69) is 204 Å². The highest BCUT2D eigenvalue weighted by Crippen LogP contribution is 2.45. The molecular weight excluding hydrogens is 661 g/mol. The fraction of sp³-hybridized carbons (Fsp3) is 0. The summed E-state index contributed by atoms with van der Waals surface area (Å²) in [7, 11) is 0. The highest BCUT2D eigenvalue weighted by atomic mass is 32.1. The predicted molar refractivity (Wildman–Crippen MR) is 229 cm³/mol. The summed E-state index contributed by atoms with van der Waals surface area (Å²) >= 11 is 1.87. The van der Waals surface area contributed by atoms with E-state index in [0.717, 1.165) is 22.7 Å². The number of rotatable bonds is 5. The highest BCUT2D eigenvalue weighted by molar-refractivity contribution is 7.26. The molecule has 0 atom stereocenters. The van der Waals surface area contributed by atoms with Crippen LogP contribution >= 0.6 is 11.3 Å². The van der Waals surface area contributed by atoms with Crippen molar-refractivity contribution in [3.8, 4) is 16.8 Å². The lowest BCUT2D eigenvalue weighted by Gasteiger charge is -2.26. The van der Waals surface area contributed by atoms with E-state index in [4.69, 9.17) is 0 Å². The van der Waals surface area contributed by atoms with E-state index in [0.29, 0.717) is 0 Å². The minimum atomic E-state index is 1.11. The van der Waals surface area contributed by atoms with Gasteiger partial charge in [0.15, 0.2) is 0 Å². The van der Waals surface area contributed by atoms with E-state index in [9.17, 15) is 0 Å². The molecule has 2 nitrogen and oxygen atoms in total. The molecule has 0 fully saturated rings. The van der Waals surface area contributed by atoms with Crippen molar-refractivity contribution in [2.45, 2.75) is 0 Å². The van der Waals surface area contributed by atoms with E-state index in [1.807, 2.05) is 11.3 Å². The molecule has 0 radical (unpaired) electrons. The van der Waals surface area contributed by atoms with Crippen molar-refractivity contribution < 1.29 is 0 Å². The van der Waals surface area contributed by atoms with Crippen LogP contribution in [0.1, 0.15) is 0 Å². The second kappa shape index (κ2) is 11.9. The SMILES string of the molecule is c1ccc(-c2ccccc2-n2c3cc(N(c4ccccc4)c4ccc5sc6ccc7ccccc7c6c5c4)ccc3c3c4ccccc4ccc32)cc1. The Morgan fingerprint density at radius 3 is 1.81 bits per heavy atom. The molecule has 11 rings (SSSR count). The van der Waals surface area contributed by atoms with Gasteiger partial charge < -0.3 is 9.47 Å². The third-order valence-corrected chi connectivity index (χ3v) is 11.9. The number of hydrogen-bond acceptors (Lipinski definition) is 2. The van der Waals surface area contributed by atoms with Gasteiger partial charge in [0, 0.05) is 53.6 Å². The van der Waals surface area contributed by atoms with Crippen molar-refractivity contribution in [3.05, 3.63) is 194 Å². The molecule has 0 aliphatic rings. The summed E-state index contributed by atoms with van der Waals surface area (Å²) in [5.74, 6) is 0. The number of para-hydroxylation sites is 2. The molecule has 0 amide bonds. The van der Waals surface area contributed by atoms with Crippen molar-refractivity contribution in [1.82, 2.24) is 4.57 Å². The summed E-state index contributed by atoms with van der Waals surface area (Å²) in [6, 6.07) is 70.9. The first-order valence-corrected chi connectivity index (χ1v) is 18.9. The first-order chi connectivity index (χ1) is 26.3. The van der Waals surface area contributed by atoms with Gasteiger partial charge in [-0.25, -0.2) is 0 Å². The van der Waals surface area contributed by atoms with Crippen LogP contribution < -0.4 is 4.90 Å². The van der Waals surface area contributed by atoms with Crippen LogP contribution in [0.4, 0.5) is 17.1 Å². The first kappa shape index (κ1) is 30.0. The van der Waals surface area contributed by atoms with Crippen LogP contribution in [0.2, 0.25) is 0 Å². The lowest BCUT2D eigenvalue weighted by Crippen LogP contribution is -2.10. The van der Waals surface area contributed by atoms with Crippen molar-refractivity contribution in [3.63, 3.8) is 0 Å². The largest absolute Gasteiger partial charge is 0.310 e. The van der Waals surface area contributed by atoms with Gasteiger partial charge >= 0.3 is 0 Å². The van der Waals surface area contributed by atoms with E-state index in [1.54, 1.807) is 0 Å². The van der Waals surface area contributed by atoms with Gasteiger partial charge in [-0.3, -0.25) is 0 Å². The summed E-state index contributed by atoms with van der Waals surface area (Å²) in [5, 5.41) is 10.2. The van der Waals surface area contributed by atoms with Crippen LogP contribution in [-0.4, -0.2) is 4.57 Å². The molecule has 0 saturated heterocycles. The predicted octanol–water partition coefficient (Wildman–Crippen LogP) is 14.6. The van der Waals surface area contributed by atoms with Crippen molar-refractivity contribution in [2.75, 3.05) is 4.90 Å². The quantitative estimate of drug-likeness (QED) is 0.174. The molecule has 0 aliphatic carbocycles. The van der Waals surface area contributed by atoms with Gasteiger partial charge in [-0.05, 0) is 87.8 Å². The van der Waals surface area contributed by atoms with Crippen LogP contribution in [0.3, 0.4) is 0 Å². The fourth-order valence-electron chi connectivity index (χ4n) is 8.40. The zero-order chi connectivity index (χ0) is 34.9. The Balaban J connectivity index is 1.21. The minimum absolute atomic E-state index is 1.11. The normalized spacial score (nSPS) is 11.8. The molecule has 0 saturated carbocycles. The van der Waals surface area contributed by atoms with Crippen molar-refractivity contribution >= 4 is 91.9 Å². The number of anilines is 3. The Morgan fingerprint density at radius 1 is 0.377 bits per heavy atom. The first-order valence-electron chi connectivity index (χ1n) is 18.1. The average molecular weight is 693 g/mol. The van der Waals surface area contributed by atoms with Crippen molar-refractivity contribution in [2.24, 2.45) is 0 Å². The molecule has 3 heteroatoms. The van der Waals surface area contributed by atoms with Gasteiger partial charge in [-0.15, -0.1) is 11.3 Å². The zero-order valence-corrected chi connectivity index (χ0v) is 29.6. The van der Waals surface area contributed by atoms with Crippen LogP contribution in [0.15, 0.2) is 194 Å². The third-order valence-electron chi connectivity index (χ3n) is 10.7. The maximum atomic E-state index is 2.48. The van der Waals surface area contributed by atoms with E-state index in [1.165, 1.54) is 74.6 Å². The molecule has 2 heterocycles. The fourth-order valence-corrected chi connectivity index (χ4v) is 9.51. The van der Waals surface area contributed by atoms with Crippen LogP contribution in [0.5, 0.6) is 0 Å². The Bertz CT molecular complexity index is 3170. The number of fused-ring (bicyclic) bond motifs is 10. The summed E-state index contributed by atoms with van der Waals surface area (Å²) in [5.41, 5.74) is 9.29. The Hall–Kier alpha value is -6.68. The van der Waals surface area contributed by atoms with Gasteiger partial charge in [0.2, 0.25) is 0 Å². The van der Waals surface area contributed by atoms with E-state index in [-0.39, 0.29) is 0 Å². The van der Waals surface area contributed by atoms with Crippen LogP contribution in [0.25, 0.3) is 80.3 Å². The Kier molecular flexibility index (Phi) is 6.76. The lowest BCUT2D eigenvalue weighted by atomic mass is 10.0. The average Bonchev–Trinajstić information content (AvgIpc) is 3.77. The molecule has 53 heavy (non-hydrogen) atoms. The summed E-state index contributed by atoms with van der Waals surface area (Å²) in [6.07, 6.45) is 0. The molecule has 2 aromatic heterocycles. The highest BCUT2D eigenvalue weighted by Gasteiger charge is 2.21. The van der Waals surface area contributed by atoms with Gasteiger partial charge in [0.1, 0.15) is 0 Å². The molecule has 11 aromatic rings. The van der Waals surface area contributed by atoms with Crippen LogP contribution in [0, 0.1) is 0 Å². The molecule has 0 bridgehead atoms. The van der Waals surface area contributed by atoms with Gasteiger partial charge in [-0.1, -0.05) is 133 Å². The lowest BCUT2D eigenvalue weighted by molar-refractivity contribution is 1.18. The topological polar surface area (TPSA) is 8.17 Å². The van der Waals surface area contributed by atoms with E-state index < -0.39 is 0 Å². The summed E-state index contributed by atoms with van der Waals surface area (Å²) < 4.78 is 5.10. The number of benzene rings is 9. The number of thiophene rings is 1. The van der Waals surface area contributed by atoms with Gasteiger partial charge in [-0.2, -0.15) is 0 Å². The molecular formula is C50H32N2S. The molecule has 248 valence electrons. The minimum Gasteiger partial charge on any atom is -0.310 e. The summed E-state index contributed by atoms with van der Waals surface area (Å²) in [4.78, 5) is 2.41. The molecule has 0 aliphatic heterocycles. The van der Waals surface area contributed by atoms with Crippen LogP contribution in [-0.2, 0) is 0 Å². The van der Waals surface area contributed by atoms with E-state index >= 15 is 0 Å². The van der Waals surface area contributed by atoms with Gasteiger partial charge in [0.25, 0.3) is 0 Å². The molecule has 9 aromatic carbocycles. The molecule has 0 N–H and O–H groups in total. The standard InChI is InChI=1S/C50H32N2S/c1-3-13-33(14-4-1)39-19-11-12-22-44(39)52-45-28-23-34-15-7-9-20-40(34)49(45)42-27-25-38(32-46(42)52)51(36-17-5-2-6-18-36)37-26-30-47-43(31-37)50-41-21-10-8-16-35(41)24-29-48(50)53-47/h1-32H. The molecule has 0 unspecified atom stereocenters. The maximum absolute atomic E-state index is 2.48. The maximum Gasteiger partial charge on any atom is 0.0562 e. The van der Waals surface area contributed by atoms with Gasteiger partial charge in [0.05, 0.1) is 16.7 Å². The Morgan fingerprint density at radius 2 is 1.00 bits per heavy atom. The smallest absolute Gasteiger partial charge is 0.0562 e. The third kappa shape index (κ3) is 4.71. The monoisotopic (exact) mass is 692 g/mol. The zero-order valence-electron chi connectivity index (χ0n) is 28.8.